The minimum atomic E-state index is -0.224. The molecule has 4 atom stereocenters. The van der Waals surface area contributed by atoms with Crippen LogP contribution in [0.4, 0.5) is 0 Å². The van der Waals surface area contributed by atoms with Gasteiger partial charge in [0.25, 0.3) is 0 Å². The molecule has 0 N–H and O–H groups in total. The van der Waals surface area contributed by atoms with Crippen molar-refractivity contribution in [2.75, 3.05) is 7.05 Å². The van der Waals surface area contributed by atoms with Gasteiger partial charge in [-0.2, -0.15) is 5.06 Å². The van der Waals surface area contributed by atoms with Crippen molar-refractivity contribution in [3.05, 3.63) is 35.9 Å². The van der Waals surface area contributed by atoms with E-state index in [0.717, 1.165) is 5.56 Å². The number of hydroxylamine groups is 2. The van der Waals surface area contributed by atoms with Crippen LogP contribution in [0.1, 0.15) is 18.9 Å². The summed E-state index contributed by atoms with van der Waals surface area (Å²) in [4.78, 5) is 17.0. The number of ether oxygens (including phenoxy) is 2. The third-order valence-corrected chi connectivity index (χ3v) is 3.90. The number of esters is 1. The molecule has 2 aliphatic rings. The normalized spacial score (nSPS) is 31.1. The quantitative estimate of drug-likeness (QED) is 0.781. The Morgan fingerprint density at radius 1 is 1.40 bits per heavy atom. The zero-order chi connectivity index (χ0) is 14.1. The van der Waals surface area contributed by atoms with Crippen LogP contribution in [-0.2, 0) is 25.7 Å². The highest BCUT2D eigenvalue weighted by molar-refractivity contribution is 5.72. The molecule has 5 nitrogen and oxygen atoms in total. The SMILES string of the molecule is C[C@H](OCc1ccccc1)[C@@H]1[C@H]2OC(=O)C[C@H]2ON1C. The van der Waals surface area contributed by atoms with Crippen LogP contribution < -0.4 is 0 Å². The van der Waals surface area contributed by atoms with Gasteiger partial charge in [-0.1, -0.05) is 30.3 Å². The largest absolute Gasteiger partial charge is 0.458 e. The summed E-state index contributed by atoms with van der Waals surface area (Å²) in [5, 5.41) is 1.76. The fourth-order valence-corrected chi connectivity index (χ4v) is 2.90. The van der Waals surface area contributed by atoms with E-state index in [4.69, 9.17) is 14.3 Å². The van der Waals surface area contributed by atoms with Gasteiger partial charge in [0.2, 0.25) is 0 Å². The first-order valence-electron chi connectivity index (χ1n) is 6.90. The molecule has 5 heteroatoms. The Balaban J connectivity index is 1.61. The molecule has 2 heterocycles. The fourth-order valence-electron chi connectivity index (χ4n) is 2.90. The molecule has 1 aromatic rings. The molecule has 0 amide bonds. The van der Waals surface area contributed by atoms with Gasteiger partial charge in [-0.25, -0.2) is 0 Å². The van der Waals surface area contributed by atoms with Gasteiger partial charge in [0.05, 0.1) is 19.1 Å². The molecule has 0 saturated carbocycles. The Kier molecular flexibility index (Phi) is 3.74. The average molecular weight is 277 g/mol. The van der Waals surface area contributed by atoms with Crippen molar-refractivity contribution in [1.29, 1.82) is 0 Å². The number of carbonyl (C=O) groups is 1. The van der Waals surface area contributed by atoms with Crippen molar-refractivity contribution in [2.45, 2.75) is 44.3 Å². The highest BCUT2D eigenvalue weighted by Gasteiger charge is 2.51. The molecule has 0 spiro atoms. The van der Waals surface area contributed by atoms with Gasteiger partial charge in [0, 0.05) is 7.05 Å². The summed E-state index contributed by atoms with van der Waals surface area (Å²) in [6.45, 7) is 2.53. The molecule has 20 heavy (non-hydrogen) atoms. The molecule has 3 rings (SSSR count). The summed E-state index contributed by atoms with van der Waals surface area (Å²) < 4.78 is 11.3. The molecule has 2 aliphatic heterocycles. The minimum absolute atomic E-state index is 0.0600. The van der Waals surface area contributed by atoms with E-state index in [0.29, 0.717) is 13.0 Å². The fraction of sp³-hybridized carbons (Fsp3) is 0.533. The van der Waals surface area contributed by atoms with Crippen LogP contribution in [-0.4, -0.2) is 42.4 Å². The zero-order valence-corrected chi connectivity index (χ0v) is 11.7. The predicted molar refractivity (Wildman–Crippen MR) is 71.6 cm³/mol. The first kappa shape index (κ1) is 13.5. The van der Waals surface area contributed by atoms with Crippen LogP contribution in [0.25, 0.3) is 0 Å². The lowest BCUT2D eigenvalue weighted by Crippen LogP contribution is -2.43. The standard InChI is InChI=1S/C15H19NO4/c1-10(18-9-11-6-4-3-5-7-11)14-15-12(20-16(14)2)8-13(17)19-15/h3-7,10,12,14-15H,8-9H2,1-2H3/t10-,12+,14+,15-/m0/s1. The van der Waals surface area contributed by atoms with Crippen LogP contribution >= 0.6 is 0 Å². The van der Waals surface area contributed by atoms with Crippen molar-refractivity contribution in [2.24, 2.45) is 0 Å². The van der Waals surface area contributed by atoms with Gasteiger partial charge < -0.3 is 9.47 Å². The second-order valence-electron chi connectivity index (χ2n) is 5.34. The second-order valence-corrected chi connectivity index (χ2v) is 5.34. The third-order valence-electron chi connectivity index (χ3n) is 3.90. The van der Waals surface area contributed by atoms with Crippen LogP contribution in [0.15, 0.2) is 30.3 Å². The van der Waals surface area contributed by atoms with Crippen molar-refractivity contribution < 1.29 is 19.1 Å². The smallest absolute Gasteiger partial charge is 0.309 e. The number of carbonyl (C=O) groups excluding carboxylic acids is 1. The lowest BCUT2D eigenvalue weighted by molar-refractivity contribution is -0.171. The van der Waals surface area contributed by atoms with E-state index >= 15 is 0 Å². The van der Waals surface area contributed by atoms with E-state index in [2.05, 4.69) is 0 Å². The van der Waals surface area contributed by atoms with Crippen molar-refractivity contribution in [1.82, 2.24) is 5.06 Å². The Hall–Kier alpha value is -1.43. The molecule has 0 bridgehead atoms. The number of fused-ring (bicyclic) bond motifs is 1. The van der Waals surface area contributed by atoms with E-state index in [1.165, 1.54) is 0 Å². The molecule has 108 valence electrons. The second kappa shape index (κ2) is 5.52. The summed E-state index contributed by atoms with van der Waals surface area (Å²) in [6.07, 6.45) is -0.142. The summed E-state index contributed by atoms with van der Waals surface area (Å²) >= 11 is 0. The van der Waals surface area contributed by atoms with Crippen molar-refractivity contribution >= 4 is 5.97 Å². The van der Waals surface area contributed by atoms with Gasteiger partial charge in [0.1, 0.15) is 12.1 Å². The molecule has 1 aromatic carbocycles. The van der Waals surface area contributed by atoms with Crippen LogP contribution in [0.2, 0.25) is 0 Å². The van der Waals surface area contributed by atoms with E-state index in [9.17, 15) is 4.79 Å². The van der Waals surface area contributed by atoms with Crippen LogP contribution in [0, 0.1) is 0 Å². The van der Waals surface area contributed by atoms with E-state index in [1.807, 2.05) is 44.3 Å². The Labute approximate surface area is 118 Å². The van der Waals surface area contributed by atoms with E-state index in [-0.39, 0.29) is 30.3 Å². The van der Waals surface area contributed by atoms with Gasteiger partial charge in [-0.3, -0.25) is 9.63 Å². The Morgan fingerprint density at radius 2 is 2.15 bits per heavy atom. The van der Waals surface area contributed by atoms with Crippen LogP contribution in [0.5, 0.6) is 0 Å². The lowest BCUT2D eigenvalue weighted by atomic mass is 10.0. The Bertz CT molecular complexity index is 478. The average Bonchev–Trinajstić information content (AvgIpc) is 2.91. The van der Waals surface area contributed by atoms with Gasteiger partial charge in [0.15, 0.2) is 6.10 Å². The maximum absolute atomic E-state index is 11.3. The molecule has 0 aromatic heterocycles. The zero-order valence-electron chi connectivity index (χ0n) is 11.7. The first-order chi connectivity index (χ1) is 9.65. The molecular formula is C15H19NO4. The summed E-state index contributed by atoms with van der Waals surface area (Å²) in [5.74, 6) is -0.187. The topological polar surface area (TPSA) is 48.0 Å². The molecule has 2 fully saturated rings. The molecular weight excluding hydrogens is 258 g/mol. The van der Waals surface area contributed by atoms with E-state index < -0.39 is 0 Å². The lowest BCUT2D eigenvalue weighted by Gasteiger charge is -2.27. The number of hydrogen-bond acceptors (Lipinski definition) is 5. The molecule has 0 aliphatic carbocycles. The number of hydrogen-bond donors (Lipinski definition) is 0. The predicted octanol–water partition coefficient (Wildman–Crippen LogP) is 1.52. The summed E-state index contributed by atoms with van der Waals surface area (Å²) in [6, 6.07) is 9.95. The van der Waals surface area contributed by atoms with Gasteiger partial charge in [-0.05, 0) is 12.5 Å². The van der Waals surface area contributed by atoms with Crippen LogP contribution in [0.3, 0.4) is 0 Å². The highest BCUT2D eigenvalue weighted by Crippen LogP contribution is 2.33. The monoisotopic (exact) mass is 277 g/mol. The maximum Gasteiger partial charge on any atom is 0.309 e. The molecule has 2 saturated heterocycles. The number of rotatable bonds is 4. The minimum Gasteiger partial charge on any atom is -0.458 e. The van der Waals surface area contributed by atoms with Gasteiger partial charge >= 0.3 is 5.97 Å². The Morgan fingerprint density at radius 3 is 2.90 bits per heavy atom. The van der Waals surface area contributed by atoms with Crippen molar-refractivity contribution in [3.8, 4) is 0 Å². The molecule has 0 radical (unpaired) electrons. The molecule has 0 unspecified atom stereocenters. The highest BCUT2D eigenvalue weighted by atomic mass is 16.7. The summed E-state index contributed by atoms with van der Waals surface area (Å²) in [7, 11) is 1.86. The number of likely N-dealkylation sites (N-methyl/N-ethyl adjacent to an activating group) is 1. The maximum atomic E-state index is 11.3. The summed E-state index contributed by atoms with van der Waals surface area (Å²) in [5.41, 5.74) is 1.13. The number of nitrogens with zero attached hydrogens (tertiary/aromatic N) is 1. The number of benzene rings is 1. The van der Waals surface area contributed by atoms with Crippen molar-refractivity contribution in [3.63, 3.8) is 0 Å². The van der Waals surface area contributed by atoms with Gasteiger partial charge in [-0.15, -0.1) is 0 Å². The van der Waals surface area contributed by atoms with E-state index in [1.54, 1.807) is 5.06 Å². The first-order valence-corrected chi connectivity index (χ1v) is 6.90. The third kappa shape index (κ3) is 2.57.